The van der Waals surface area contributed by atoms with Crippen LogP contribution >= 0.6 is 15.9 Å². The van der Waals surface area contributed by atoms with Crippen molar-refractivity contribution in [2.45, 2.75) is 26.8 Å². The lowest BCUT2D eigenvalue weighted by Crippen LogP contribution is -2.31. The molecule has 0 aliphatic heterocycles. The number of hydrogen-bond donors (Lipinski definition) is 2. The van der Waals surface area contributed by atoms with Gasteiger partial charge in [0.2, 0.25) is 5.91 Å². The number of amides is 1. The smallest absolute Gasteiger partial charge is 0.247 e. The summed E-state index contributed by atoms with van der Waals surface area (Å²) < 4.78 is 5.94. The van der Waals surface area contributed by atoms with Crippen molar-refractivity contribution in [1.82, 2.24) is 5.16 Å². The molecule has 106 valence electrons. The molecular formula is C14H16BrN3O2. The molecular weight excluding hydrogens is 322 g/mol. The molecule has 0 aliphatic carbocycles. The van der Waals surface area contributed by atoms with E-state index >= 15 is 0 Å². The third-order valence-electron chi connectivity index (χ3n) is 2.81. The molecule has 2 rings (SSSR count). The van der Waals surface area contributed by atoms with E-state index in [4.69, 9.17) is 4.52 Å². The van der Waals surface area contributed by atoms with E-state index in [0.29, 0.717) is 11.6 Å². The highest BCUT2D eigenvalue weighted by Gasteiger charge is 2.14. The topological polar surface area (TPSA) is 67.2 Å². The Bertz CT molecular complexity index is 625. The molecule has 5 nitrogen and oxygen atoms in total. The van der Waals surface area contributed by atoms with Crippen LogP contribution in [0.25, 0.3) is 0 Å². The van der Waals surface area contributed by atoms with Gasteiger partial charge in [-0.3, -0.25) is 4.79 Å². The molecule has 2 aromatic rings. The summed E-state index contributed by atoms with van der Waals surface area (Å²) in [4.78, 5) is 12.0. The molecule has 1 aromatic heterocycles. The minimum Gasteiger partial charge on any atom is -0.374 e. The summed E-state index contributed by atoms with van der Waals surface area (Å²) in [5.74, 6) is 0.913. The van der Waals surface area contributed by atoms with Gasteiger partial charge in [-0.1, -0.05) is 21.1 Å². The van der Waals surface area contributed by atoms with Gasteiger partial charge in [0.15, 0.2) is 5.82 Å². The van der Waals surface area contributed by atoms with Crippen molar-refractivity contribution in [3.05, 3.63) is 40.1 Å². The van der Waals surface area contributed by atoms with Gasteiger partial charge in [-0.2, -0.15) is 0 Å². The van der Waals surface area contributed by atoms with Crippen molar-refractivity contribution in [2.24, 2.45) is 0 Å². The minimum atomic E-state index is -0.382. The maximum Gasteiger partial charge on any atom is 0.247 e. The number of rotatable bonds is 4. The van der Waals surface area contributed by atoms with Crippen molar-refractivity contribution in [1.29, 1.82) is 0 Å². The van der Waals surface area contributed by atoms with E-state index in [0.717, 1.165) is 15.7 Å². The highest BCUT2D eigenvalue weighted by Crippen LogP contribution is 2.20. The Morgan fingerprint density at radius 1 is 1.35 bits per heavy atom. The highest BCUT2D eigenvalue weighted by molar-refractivity contribution is 9.10. The molecule has 20 heavy (non-hydrogen) atoms. The molecule has 1 unspecified atom stereocenters. The molecule has 0 spiro atoms. The third-order valence-corrected chi connectivity index (χ3v) is 3.70. The van der Waals surface area contributed by atoms with Gasteiger partial charge in [0.25, 0.3) is 0 Å². The Morgan fingerprint density at radius 2 is 2.10 bits per heavy atom. The molecule has 0 fully saturated rings. The van der Waals surface area contributed by atoms with Crippen LogP contribution < -0.4 is 10.6 Å². The highest BCUT2D eigenvalue weighted by atomic mass is 79.9. The van der Waals surface area contributed by atoms with E-state index in [9.17, 15) is 4.79 Å². The first-order chi connectivity index (χ1) is 9.45. The number of nitrogens with one attached hydrogen (secondary N) is 2. The largest absolute Gasteiger partial charge is 0.374 e. The molecule has 1 atom stereocenters. The van der Waals surface area contributed by atoms with Crippen LogP contribution in [0, 0.1) is 13.8 Å². The van der Waals surface area contributed by atoms with Crippen molar-refractivity contribution in [3.63, 3.8) is 0 Å². The first-order valence-corrected chi connectivity index (χ1v) is 7.02. The molecule has 2 N–H and O–H groups in total. The summed E-state index contributed by atoms with van der Waals surface area (Å²) in [6.07, 6.45) is 0. The average molecular weight is 338 g/mol. The molecule has 1 heterocycles. The standard InChI is InChI=1S/C14H16BrN3O2/c1-8-6-11(4-5-12(8)15)16-10(3)14(19)17-13-7-9(2)20-18-13/h4-7,10,16H,1-3H3,(H,17,18,19). The first kappa shape index (κ1) is 14.6. The summed E-state index contributed by atoms with van der Waals surface area (Å²) >= 11 is 3.45. The SMILES string of the molecule is Cc1cc(NC(=O)C(C)Nc2ccc(Br)c(C)c2)no1. The fraction of sp³-hybridized carbons (Fsp3) is 0.286. The Hall–Kier alpha value is -1.82. The zero-order valence-corrected chi connectivity index (χ0v) is 13.1. The van der Waals surface area contributed by atoms with E-state index < -0.39 is 0 Å². The summed E-state index contributed by atoms with van der Waals surface area (Å²) in [5, 5.41) is 9.57. The second-order valence-corrected chi connectivity index (χ2v) is 5.50. The first-order valence-electron chi connectivity index (χ1n) is 6.22. The molecule has 0 radical (unpaired) electrons. The molecule has 0 saturated carbocycles. The monoisotopic (exact) mass is 337 g/mol. The Morgan fingerprint density at radius 3 is 2.70 bits per heavy atom. The lowest BCUT2D eigenvalue weighted by atomic mass is 10.2. The predicted molar refractivity (Wildman–Crippen MR) is 81.8 cm³/mol. The minimum absolute atomic E-state index is 0.168. The lowest BCUT2D eigenvalue weighted by molar-refractivity contribution is -0.116. The number of benzene rings is 1. The molecule has 6 heteroatoms. The van der Waals surface area contributed by atoms with E-state index in [2.05, 4.69) is 31.7 Å². The quantitative estimate of drug-likeness (QED) is 0.895. The summed E-state index contributed by atoms with van der Waals surface area (Å²) in [6, 6.07) is 7.14. The lowest BCUT2D eigenvalue weighted by Gasteiger charge is -2.15. The van der Waals surface area contributed by atoms with Crippen LogP contribution in [0.5, 0.6) is 0 Å². The Kier molecular flexibility index (Phi) is 4.44. The van der Waals surface area contributed by atoms with E-state index in [1.54, 1.807) is 19.9 Å². The Balaban J connectivity index is 1.98. The molecule has 0 saturated heterocycles. The normalized spacial score (nSPS) is 12.0. The molecule has 0 bridgehead atoms. The van der Waals surface area contributed by atoms with E-state index in [-0.39, 0.29) is 11.9 Å². The average Bonchev–Trinajstić information content (AvgIpc) is 2.79. The van der Waals surface area contributed by atoms with Gasteiger partial charge in [0, 0.05) is 16.2 Å². The van der Waals surface area contributed by atoms with Crippen molar-refractivity contribution in [3.8, 4) is 0 Å². The molecule has 1 amide bonds. The molecule has 1 aromatic carbocycles. The van der Waals surface area contributed by atoms with Crippen LogP contribution in [0.1, 0.15) is 18.2 Å². The summed E-state index contributed by atoms with van der Waals surface area (Å²) in [7, 11) is 0. The van der Waals surface area contributed by atoms with Crippen LogP contribution in [-0.4, -0.2) is 17.1 Å². The van der Waals surface area contributed by atoms with Crippen LogP contribution in [-0.2, 0) is 4.79 Å². The van der Waals surface area contributed by atoms with E-state index in [1.165, 1.54) is 0 Å². The maximum absolute atomic E-state index is 12.0. The van der Waals surface area contributed by atoms with E-state index in [1.807, 2.05) is 25.1 Å². The Labute approximate surface area is 125 Å². The van der Waals surface area contributed by atoms with Crippen molar-refractivity contribution >= 4 is 33.3 Å². The number of hydrogen-bond acceptors (Lipinski definition) is 4. The van der Waals surface area contributed by atoms with Crippen LogP contribution in [0.3, 0.4) is 0 Å². The fourth-order valence-electron chi connectivity index (χ4n) is 1.71. The number of aromatic nitrogens is 1. The van der Waals surface area contributed by atoms with Crippen molar-refractivity contribution < 1.29 is 9.32 Å². The predicted octanol–water partition coefficient (Wildman–Crippen LogP) is 3.49. The van der Waals surface area contributed by atoms with Gasteiger partial charge in [-0.25, -0.2) is 0 Å². The van der Waals surface area contributed by atoms with Crippen molar-refractivity contribution in [2.75, 3.05) is 10.6 Å². The summed E-state index contributed by atoms with van der Waals surface area (Å²) in [5.41, 5.74) is 2.00. The zero-order chi connectivity index (χ0) is 14.7. The zero-order valence-electron chi connectivity index (χ0n) is 11.5. The number of nitrogens with zero attached hydrogens (tertiary/aromatic N) is 1. The van der Waals surface area contributed by atoms with Crippen LogP contribution in [0.2, 0.25) is 0 Å². The second kappa shape index (κ2) is 6.09. The summed E-state index contributed by atoms with van der Waals surface area (Å²) in [6.45, 7) is 5.56. The van der Waals surface area contributed by atoms with Gasteiger partial charge in [-0.15, -0.1) is 0 Å². The van der Waals surface area contributed by atoms with Gasteiger partial charge in [0.05, 0.1) is 0 Å². The fourth-order valence-corrected chi connectivity index (χ4v) is 1.96. The molecule has 0 aliphatic rings. The number of aryl methyl sites for hydroxylation is 2. The van der Waals surface area contributed by atoms with Crippen LogP contribution in [0.4, 0.5) is 11.5 Å². The van der Waals surface area contributed by atoms with Gasteiger partial charge in [-0.05, 0) is 44.5 Å². The van der Waals surface area contributed by atoms with Gasteiger partial charge in [0.1, 0.15) is 11.8 Å². The number of carbonyl (C=O) groups is 1. The number of halogens is 1. The second-order valence-electron chi connectivity index (χ2n) is 4.64. The number of carbonyl (C=O) groups excluding carboxylic acids is 1. The third kappa shape index (κ3) is 3.60. The van der Waals surface area contributed by atoms with Gasteiger partial charge < -0.3 is 15.2 Å². The number of anilines is 2. The van der Waals surface area contributed by atoms with Crippen LogP contribution in [0.15, 0.2) is 33.3 Å². The van der Waals surface area contributed by atoms with Gasteiger partial charge >= 0.3 is 0 Å². The maximum atomic E-state index is 12.0.